The molecule has 0 amide bonds. The molecular formula is C13H17ClO3. The van der Waals surface area contributed by atoms with Gasteiger partial charge in [0.25, 0.3) is 0 Å². The number of rotatable bonds is 6. The largest absolute Gasteiger partial charge is 0.493 e. The summed E-state index contributed by atoms with van der Waals surface area (Å²) in [5.74, 6) is 1.34. The molecule has 0 bridgehead atoms. The van der Waals surface area contributed by atoms with Crippen molar-refractivity contribution in [2.75, 3.05) is 14.2 Å². The Labute approximate surface area is 107 Å². The van der Waals surface area contributed by atoms with Gasteiger partial charge in [0.05, 0.1) is 14.2 Å². The molecule has 0 unspecified atom stereocenters. The summed E-state index contributed by atoms with van der Waals surface area (Å²) in [6.45, 7) is 2.03. The number of hydrogen-bond acceptors (Lipinski definition) is 3. The zero-order chi connectivity index (χ0) is 12.8. The number of aldehydes is 1. The van der Waals surface area contributed by atoms with Crippen molar-refractivity contribution in [2.45, 2.75) is 26.2 Å². The molecular weight excluding hydrogens is 240 g/mol. The van der Waals surface area contributed by atoms with Gasteiger partial charge in [-0.2, -0.15) is 0 Å². The third kappa shape index (κ3) is 2.91. The van der Waals surface area contributed by atoms with Crippen molar-refractivity contribution in [3.05, 3.63) is 22.2 Å². The minimum absolute atomic E-state index is 0.461. The molecule has 0 aliphatic carbocycles. The molecule has 0 spiro atoms. The van der Waals surface area contributed by atoms with Crippen LogP contribution < -0.4 is 9.47 Å². The molecule has 0 saturated heterocycles. The maximum atomic E-state index is 10.5. The zero-order valence-corrected chi connectivity index (χ0v) is 11.1. The molecule has 0 aliphatic rings. The summed E-state index contributed by atoms with van der Waals surface area (Å²) >= 11 is 6.21. The van der Waals surface area contributed by atoms with Crippen molar-refractivity contribution >= 4 is 17.9 Å². The van der Waals surface area contributed by atoms with Gasteiger partial charge in [-0.3, -0.25) is 0 Å². The second-order valence-electron chi connectivity index (χ2n) is 3.61. The minimum Gasteiger partial charge on any atom is -0.493 e. The molecule has 0 aliphatic heterocycles. The lowest BCUT2D eigenvalue weighted by molar-refractivity contribution is -0.107. The van der Waals surface area contributed by atoms with Crippen molar-refractivity contribution in [3.63, 3.8) is 0 Å². The van der Waals surface area contributed by atoms with Gasteiger partial charge in [0.2, 0.25) is 0 Å². The van der Waals surface area contributed by atoms with Gasteiger partial charge in [-0.15, -0.1) is 0 Å². The van der Waals surface area contributed by atoms with Crippen molar-refractivity contribution in [2.24, 2.45) is 0 Å². The van der Waals surface area contributed by atoms with Crippen LogP contribution in [0.2, 0.25) is 5.02 Å². The van der Waals surface area contributed by atoms with E-state index in [1.807, 2.05) is 6.92 Å². The quantitative estimate of drug-likeness (QED) is 0.734. The fourth-order valence-electron chi connectivity index (χ4n) is 1.92. The monoisotopic (exact) mass is 256 g/mol. The number of carbonyl (C=O) groups is 1. The number of benzene rings is 1. The summed E-state index contributed by atoms with van der Waals surface area (Å²) in [4.78, 5) is 10.5. The lowest BCUT2D eigenvalue weighted by Gasteiger charge is -2.17. The first-order valence-electron chi connectivity index (χ1n) is 5.55. The minimum atomic E-state index is 0.461. The molecule has 94 valence electrons. The fraction of sp³-hybridized carbons (Fsp3) is 0.462. The third-order valence-electron chi connectivity index (χ3n) is 2.70. The molecule has 0 atom stereocenters. The maximum absolute atomic E-state index is 10.5. The molecule has 0 saturated carbocycles. The molecule has 1 rings (SSSR count). The highest BCUT2D eigenvalue weighted by Crippen LogP contribution is 2.38. The SMILES string of the molecule is CCc1c(CCC=O)c(Cl)cc(OC)c1OC. The second kappa shape index (κ2) is 6.50. The van der Waals surface area contributed by atoms with E-state index < -0.39 is 0 Å². The van der Waals surface area contributed by atoms with Gasteiger partial charge in [-0.05, 0) is 18.4 Å². The predicted octanol–water partition coefficient (Wildman–Crippen LogP) is 3.05. The van der Waals surface area contributed by atoms with Gasteiger partial charge < -0.3 is 14.3 Å². The highest BCUT2D eigenvalue weighted by molar-refractivity contribution is 6.31. The van der Waals surface area contributed by atoms with Gasteiger partial charge in [0, 0.05) is 23.1 Å². The van der Waals surface area contributed by atoms with Crippen molar-refractivity contribution in [1.82, 2.24) is 0 Å². The molecule has 1 aromatic rings. The summed E-state index contributed by atoms with van der Waals surface area (Å²) in [5, 5.41) is 0.626. The molecule has 3 nitrogen and oxygen atoms in total. The summed E-state index contributed by atoms with van der Waals surface area (Å²) in [5.41, 5.74) is 1.98. The normalized spacial score (nSPS) is 10.1. The van der Waals surface area contributed by atoms with Gasteiger partial charge in [0.15, 0.2) is 11.5 Å². The molecule has 1 aromatic carbocycles. The Hall–Kier alpha value is -1.22. The average molecular weight is 257 g/mol. The van der Waals surface area contributed by atoms with Crippen LogP contribution >= 0.6 is 11.6 Å². The first-order valence-corrected chi connectivity index (χ1v) is 5.93. The van der Waals surface area contributed by atoms with E-state index in [-0.39, 0.29) is 0 Å². The number of hydrogen-bond donors (Lipinski definition) is 0. The van der Waals surface area contributed by atoms with E-state index in [1.54, 1.807) is 20.3 Å². The zero-order valence-electron chi connectivity index (χ0n) is 10.4. The highest BCUT2D eigenvalue weighted by atomic mass is 35.5. The van der Waals surface area contributed by atoms with Crippen LogP contribution in [0.1, 0.15) is 24.5 Å². The third-order valence-corrected chi connectivity index (χ3v) is 3.04. The Morgan fingerprint density at radius 1 is 1.29 bits per heavy atom. The summed E-state index contributed by atoms with van der Waals surface area (Å²) in [6.07, 6.45) is 2.77. The van der Waals surface area contributed by atoms with E-state index in [0.717, 1.165) is 23.8 Å². The Morgan fingerprint density at radius 2 is 2.00 bits per heavy atom. The van der Waals surface area contributed by atoms with Gasteiger partial charge in [-0.1, -0.05) is 18.5 Å². The van der Waals surface area contributed by atoms with E-state index in [4.69, 9.17) is 21.1 Å². The highest BCUT2D eigenvalue weighted by Gasteiger charge is 2.16. The van der Waals surface area contributed by atoms with E-state index in [9.17, 15) is 4.79 Å². The van der Waals surface area contributed by atoms with Crippen LogP contribution in [0.5, 0.6) is 11.5 Å². The van der Waals surface area contributed by atoms with Gasteiger partial charge in [-0.25, -0.2) is 0 Å². The Kier molecular flexibility index (Phi) is 5.29. The van der Waals surface area contributed by atoms with Crippen LogP contribution in [0.4, 0.5) is 0 Å². The number of methoxy groups -OCH3 is 2. The Morgan fingerprint density at radius 3 is 2.47 bits per heavy atom. The smallest absolute Gasteiger partial charge is 0.164 e. The average Bonchev–Trinajstić information content (AvgIpc) is 2.35. The van der Waals surface area contributed by atoms with E-state index in [1.165, 1.54) is 0 Å². The second-order valence-corrected chi connectivity index (χ2v) is 4.02. The van der Waals surface area contributed by atoms with Crippen molar-refractivity contribution < 1.29 is 14.3 Å². The molecule has 0 N–H and O–H groups in total. The number of carbonyl (C=O) groups excluding carboxylic acids is 1. The molecule has 4 heteroatoms. The van der Waals surface area contributed by atoms with Crippen molar-refractivity contribution in [1.29, 1.82) is 0 Å². The summed E-state index contributed by atoms with van der Waals surface area (Å²) < 4.78 is 10.6. The van der Waals surface area contributed by atoms with Crippen LogP contribution in [0, 0.1) is 0 Å². The van der Waals surface area contributed by atoms with E-state index in [0.29, 0.717) is 29.4 Å². The summed E-state index contributed by atoms with van der Waals surface area (Å²) in [6, 6.07) is 1.74. The van der Waals surface area contributed by atoms with Gasteiger partial charge >= 0.3 is 0 Å². The molecule has 0 heterocycles. The van der Waals surface area contributed by atoms with Crippen molar-refractivity contribution in [3.8, 4) is 11.5 Å². The first-order chi connectivity index (χ1) is 8.19. The number of ether oxygens (including phenoxy) is 2. The molecule has 0 fully saturated rings. The van der Waals surface area contributed by atoms with E-state index in [2.05, 4.69) is 0 Å². The van der Waals surface area contributed by atoms with Crippen LogP contribution in [0.3, 0.4) is 0 Å². The van der Waals surface area contributed by atoms with Crippen LogP contribution in [-0.2, 0) is 17.6 Å². The van der Waals surface area contributed by atoms with E-state index >= 15 is 0 Å². The molecule has 0 aromatic heterocycles. The van der Waals surface area contributed by atoms with Gasteiger partial charge in [0.1, 0.15) is 6.29 Å². The van der Waals surface area contributed by atoms with Crippen LogP contribution in [0.15, 0.2) is 6.07 Å². The number of halogens is 1. The Bertz CT molecular complexity index is 402. The topological polar surface area (TPSA) is 35.5 Å². The molecule has 0 radical (unpaired) electrons. The Balaban J connectivity index is 3.32. The van der Waals surface area contributed by atoms with Crippen LogP contribution in [0.25, 0.3) is 0 Å². The van der Waals surface area contributed by atoms with Crippen LogP contribution in [-0.4, -0.2) is 20.5 Å². The lowest BCUT2D eigenvalue weighted by atomic mass is 9.99. The maximum Gasteiger partial charge on any atom is 0.164 e. The standard InChI is InChI=1S/C13H17ClO3/c1-4-9-10(6-5-7-15)11(14)8-12(16-2)13(9)17-3/h7-8H,4-6H2,1-3H3. The fourth-order valence-corrected chi connectivity index (χ4v) is 2.23. The predicted molar refractivity (Wildman–Crippen MR) is 68.3 cm³/mol. The summed E-state index contributed by atoms with van der Waals surface area (Å²) in [7, 11) is 3.19. The first kappa shape index (κ1) is 13.8. The molecule has 17 heavy (non-hydrogen) atoms. The lowest BCUT2D eigenvalue weighted by Crippen LogP contribution is -2.02.